The fraction of sp³-hybridized carbons (Fsp3) is 0.286. The highest BCUT2D eigenvalue weighted by molar-refractivity contribution is 7.89. The largest absolute Gasteiger partial charge is 0.322 e. The summed E-state index contributed by atoms with van der Waals surface area (Å²) in [5, 5.41) is 2.73. The number of nitrogens with one attached hydrogen (secondary N) is 1. The van der Waals surface area contributed by atoms with E-state index in [4.69, 9.17) is 0 Å². The number of likely N-dealkylation sites (N-methyl/N-ethyl adjacent to an activating group) is 1. The van der Waals surface area contributed by atoms with Gasteiger partial charge in [0.15, 0.2) is 0 Å². The molecule has 1 amide bonds. The first-order valence-electron chi connectivity index (χ1n) is 9.36. The van der Waals surface area contributed by atoms with Gasteiger partial charge in [0, 0.05) is 37.9 Å². The van der Waals surface area contributed by atoms with E-state index in [-0.39, 0.29) is 10.8 Å². The molecule has 3 rings (SSSR count). The summed E-state index contributed by atoms with van der Waals surface area (Å²) in [4.78, 5) is 14.6. The summed E-state index contributed by atoms with van der Waals surface area (Å²) in [5.41, 5.74) is 1.37. The van der Waals surface area contributed by atoms with Crippen molar-refractivity contribution >= 4 is 27.7 Å². The Morgan fingerprint density at radius 1 is 1.04 bits per heavy atom. The number of hydrogen-bond donors (Lipinski definition) is 1. The third kappa shape index (κ3) is 5.07. The van der Waals surface area contributed by atoms with Crippen LogP contribution in [0.3, 0.4) is 0 Å². The minimum atomic E-state index is -3.57. The van der Waals surface area contributed by atoms with E-state index < -0.39 is 10.0 Å². The Balaban J connectivity index is 1.68. The highest BCUT2D eigenvalue weighted by Gasteiger charge is 2.28. The van der Waals surface area contributed by atoms with E-state index in [9.17, 15) is 13.2 Å². The van der Waals surface area contributed by atoms with Crippen LogP contribution in [0.25, 0.3) is 6.08 Å². The van der Waals surface area contributed by atoms with Crippen molar-refractivity contribution in [2.24, 2.45) is 0 Å². The van der Waals surface area contributed by atoms with Gasteiger partial charge < -0.3 is 10.2 Å². The van der Waals surface area contributed by atoms with E-state index in [1.165, 1.54) is 16.4 Å². The van der Waals surface area contributed by atoms with E-state index in [1.54, 1.807) is 24.3 Å². The second-order valence-electron chi connectivity index (χ2n) is 6.60. The maximum absolute atomic E-state index is 12.9. The van der Waals surface area contributed by atoms with Crippen LogP contribution in [0.4, 0.5) is 5.69 Å². The summed E-state index contributed by atoms with van der Waals surface area (Å²) in [5.74, 6) is -0.310. The first-order valence-corrected chi connectivity index (χ1v) is 10.8. The van der Waals surface area contributed by atoms with Gasteiger partial charge in [-0.2, -0.15) is 4.31 Å². The third-order valence-corrected chi connectivity index (χ3v) is 6.64. The number of benzene rings is 2. The summed E-state index contributed by atoms with van der Waals surface area (Å²) in [6.45, 7) is 5.42. The Morgan fingerprint density at radius 3 is 2.43 bits per heavy atom. The Morgan fingerprint density at radius 2 is 1.75 bits per heavy atom. The van der Waals surface area contributed by atoms with Crippen molar-refractivity contribution in [2.75, 3.05) is 38.0 Å². The molecule has 0 saturated carbocycles. The molecule has 0 atom stereocenters. The molecule has 28 heavy (non-hydrogen) atoms. The number of hydrogen-bond acceptors (Lipinski definition) is 4. The zero-order chi connectivity index (χ0) is 20.0. The molecule has 1 fully saturated rings. The van der Waals surface area contributed by atoms with Crippen LogP contribution in [0.15, 0.2) is 65.6 Å². The van der Waals surface area contributed by atoms with Crippen LogP contribution in [0.2, 0.25) is 0 Å². The standard InChI is InChI=1S/C21H25N3O3S/c1-2-23-13-15-24(16-14-23)28(26,27)20-10-6-9-19(17-20)22-21(25)12-11-18-7-4-3-5-8-18/h3-12,17H,2,13-16H2,1H3,(H,22,25)/b12-11+. The maximum atomic E-state index is 12.9. The number of amides is 1. The van der Waals surface area contributed by atoms with Gasteiger partial charge in [0.05, 0.1) is 4.90 Å². The van der Waals surface area contributed by atoms with Crippen molar-refractivity contribution in [3.05, 3.63) is 66.2 Å². The first kappa shape index (κ1) is 20.3. The van der Waals surface area contributed by atoms with Crippen LogP contribution in [-0.2, 0) is 14.8 Å². The molecule has 0 spiro atoms. The molecule has 0 aromatic heterocycles. The zero-order valence-electron chi connectivity index (χ0n) is 15.9. The lowest BCUT2D eigenvalue weighted by Crippen LogP contribution is -2.48. The molecule has 0 aliphatic carbocycles. The molecule has 1 saturated heterocycles. The van der Waals surface area contributed by atoms with Gasteiger partial charge in [-0.05, 0) is 36.4 Å². The molecule has 1 aliphatic heterocycles. The Bertz CT molecular complexity index is 934. The molecule has 1 N–H and O–H groups in total. The van der Waals surface area contributed by atoms with Crippen LogP contribution in [0, 0.1) is 0 Å². The van der Waals surface area contributed by atoms with E-state index in [1.807, 2.05) is 30.3 Å². The fourth-order valence-corrected chi connectivity index (χ4v) is 4.56. The molecule has 6 nitrogen and oxygen atoms in total. The topological polar surface area (TPSA) is 69.7 Å². The normalized spacial score (nSPS) is 16.3. The predicted molar refractivity (Wildman–Crippen MR) is 111 cm³/mol. The number of sulfonamides is 1. The second-order valence-corrected chi connectivity index (χ2v) is 8.54. The van der Waals surface area contributed by atoms with Gasteiger partial charge >= 0.3 is 0 Å². The van der Waals surface area contributed by atoms with E-state index >= 15 is 0 Å². The molecule has 0 unspecified atom stereocenters. The van der Waals surface area contributed by atoms with Gasteiger partial charge in [-0.1, -0.05) is 43.3 Å². The van der Waals surface area contributed by atoms with Gasteiger partial charge in [0.2, 0.25) is 15.9 Å². The summed E-state index contributed by atoms with van der Waals surface area (Å²) >= 11 is 0. The molecule has 0 radical (unpaired) electrons. The lowest BCUT2D eigenvalue weighted by atomic mass is 10.2. The minimum Gasteiger partial charge on any atom is -0.322 e. The average Bonchev–Trinajstić information content (AvgIpc) is 2.73. The van der Waals surface area contributed by atoms with Crippen molar-refractivity contribution in [1.29, 1.82) is 0 Å². The number of nitrogens with zero attached hydrogens (tertiary/aromatic N) is 2. The van der Waals surface area contributed by atoms with Gasteiger partial charge in [0.25, 0.3) is 0 Å². The molecule has 148 valence electrons. The molecular formula is C21H25N3O3S. The summed E-state index contributed by atoms with van der Waals surface area (Å²) in [7, 11) is -3.57. The van der Waals surface area contributed by atoms with Gasteiger partial charge in [-0.3, -0.25) is 4.79 Å². The maximum Gasteiger partial charge on any atom is 0.248 e. The van der Waals surface area contributed by atoms with Crippen LogP contribution < -0.4 is 5.32 Å². The molecule has 2 aromatic rings. The van der Waals surface area contributed by atoms with Crippen molar-refractivity contribution in [3.63, 3.8) is 0 Å². The number of rotatable bonds is 6. The smallest absolute Gasteiger partial charge is 0.248 e. The number of carbonyl (C=O) groups is 1. The quantitative estimate of drug-likeness (QED) is 0.759. The Kier molecular flexibility index (Phi) is 6.61. The zero-order valence-corrected chi connectivity index (χ0v) is 16.7. The highest BCUT2D eigenvalue weighted by Crippen LogP contribution is 2.21. The van der Waals surface area contributed by atoms with Gasteiger partial charge in [-0.25, -0.2) is 8.42 Å². The summed E-state index contributed by atoms with van der Waals surface area (Å²) in [6, 6.07) is 15.9. The summed E-state index contributed by atoms with van der Waals surface area (Å²) < 4.78 is 27.3. The average molecular weight is 400 g/mol. The van der Waals surface area contributed by atoms with E-state index in [0.717, 1.165) is 25.2 Å². The van der Waals surface area contributed by atoms with Crippen molar-refractivity contribution in [1.82, 2.24) is 9.21 Å². The Hall–Kier alpha value is -2.48. The fourth-order valence-electron chi connectivity index (χ4n) is 3.09. The van der Waals surface area contributed by atoms with Crippen LogP contribution >= 0.6 is 0 Å². The van der Waals surface area contributed by atoms with Gasteiger partial charge in [0.1, 0.15) is 0 Å². The molecule has 0 bridgehead atoms. The lowest BCUT2D eigenvalue weighted by molar-refractivity contribution is -0.111. The predicted octanol–water partition coefficient (Wildman–Crippen LogP) is 2.66. The van der Waals surface area contributed by atoms with Crippen LogP contribution in [0.1, 0.15) is 12.5 Å². The highest BCUT2D eigenvalue weighted by atomic mass is 32.2. The minimum absolute atomic E-state index is 0.197. The lowest BCUT2D eigenvalue weighted by Gasteiger charge is -2.33. The number of anilines is 1. The van der Waals surface area contributed by atoms with Crippen LogP contribution in [0.5, 0.6) is 0 Å². The molecule has 1 heterocycles. The molecule has 2 aromatic carbocycles. The number of piperazine rings is 1. The molecular weight excluding hydrogens is 374 g/mol. The molecule has 1 aliphatic rings. The van der Waals surface area contributed by atoms with E-state index in [2.05, 4.69) is 17.1 Å². The first-order chi connectivity index (χ1) is 13.5. The SMILES string of the molecule is CCN1CCN(S(=O)(=O)c2cccc(NC(=O)/C=C/c3ccccc3)c2)CC1. The molecule has 7 heteroatoms. The number of carbonyl (C=O) groups excluding carboxylic acids is 1. The van der Waals surface area contributed by atoms with Crippen molar-refractivity contribution in [2.45, 2.75) is 11.8 Å². The van der Waals surface area contributed by atoms with Crippen molar-refractivity contribution in [3.8, 4) is 0 Å². The van der Waals surface area contributed by atoms with Crippen molar-refractivity contribution < 1.29 is 13.2 Å². The van der Waals surface area contributed by atoms with E-state index in [0.29, 0.717) is 18.8 Å². The van der Waals surface area contributed by atoms with Crippen LogP contribution in [-0.4, -0.2) is 56.3 Å². The third-order valence-electron chi connectivity index (χ3n) is 4.74. The van der Waals surface area contributed by atoms with Gasteiger partial charge in [-0.15, -0.1) is 0 Å². The summed E-state index contributed by atoms with van der Waals surface area (Å²) in [6.07, 6.45) is 3.14. The second kappa shape index (κ2) is 9.14. The Labute approximate surface area is 166 Å². The monoisotopic (exact) mass is 399 g/mol.